The molecule has 3 atom stereocenters. The van der Waals surface area contributed by atoms with Crippen molar-refractivity contribution in [1.82, 2.24) is 20.9 Å². The quantitative estimate of drug-likeness (QED) is 0.0712. The summed E-state index contributed by atoms with van der Waals surface area (Å²) < 4.78 is 5.37. The van der Waals surface area contributed by atoms with Gasteiger partial charge in [-0.25, -0.2) is 4.79 Å². The van der Waals surface area contributed by atoms with Gasteiger partial charge < -0.3 is 37.1 Å². The first-order valence-corrected chi connectivity index (χ1v) is 16.0. The molecule has 7 N–H and O–H groups in total. The maximum Gasteiger partial charge on any atom is 0.408 e. The third-order valence-electron chi connectivity index (χ3n) is 7.42. The summed E-state index contributed by atoms with van der Waals surface area (Å²) >= 11 is 0. The Morgan fingerprint density at radius 2 is 1.57 bits per heavy atom. The Kier molecular flexibility index (Phi) is 16.5. The molecular weight excluding hydrogens is 598 g/mol. The van der Waals surface area contributed by atoms with Crippen molar-refractivity contribution >= 4 is 35.9 Å². The smallest absolute Gasteiger partial charge is 0.408 e. The Morgan fingerprint density at radius 1 is 0.936 bits per heavy atom. The lowest BCUT2D eigenvalue weighted by molar-refractivity contribution is -0.141. The van der Waals surface area contributed by atoms with Gasteiger partial charge in [0, 0.05) is 32.3 Å². The fourth-order valence-corrected chi connectivity index (χ4v) is 4.69. The number of nitrogens with two attached hydrogens (primary N) is 2. The molecule has 0 saturated heterocycles. The van der Waals surface area contributed by atoms with E-state index in [2.05, 4.69) is 20.9 Å². The van der Waals surface area contributed by atoms with Crippen LogP contribution in [0.2, 0.25) is 0 Å². The van der Waals surface area contributed by atoms with E-state index in [-0.39, 0.29) is 55.7 Å². The summed E-state index contributed by atoms with van der Waals surface area (Å²) in [5.41, 5.74) is 12.6. The molecule has 0 saturated carbocycles. The Bertz CT molecular complexity index is 1330. The highest BCUT2D eigenvalue weighted by Crippen LogP contribution is 2.15. The number of hydrogen-bond donors (Lipinski definition) is 5. The fourth-order valence-electron chi connectivity index (χ4n) is 4.69. The first-order chi connectivity index (χ1) is 22.4. The van der Waals surface area contributed by atoms with Crippen LogP contribution in [0.4, 0.5) is 4.79 Å². The van der Waals surface area contributed by atoms with Crippen LogP contribution in [0.1, 0.15) is 58.1 Å². The van der Waals surface area contributed by atoms with Crippen molar-refractivity contribution < 1.29 is 23.9 Å². The zero-order chi connectivity index (χ0) is 34.8. The summed E-state index contributed by atoms with van der Waals surface area (Å²) in [5.74, 6) is -1.10. The molecule has 0 aliphatic heterocycles. The highest BCUT2D eigenvalue weighted by atomic mass is 16.5. The molecule has 2 rings (SSSR count). The van der Waals surface area contributed by atoms with Gasteiger partial charge >= 0.3 is 6.09 Å². The van der Waals surface area contributed by atoms with Crippen molar-refractivity contribution in [2.45, 2.75) is 71.7 Å². The maximum atomic E-state index is 13.9. The van der Waals surface area contributed by atoms with Crippen molar-refractivity contribution in [1.29, 1.82) is 0 Å². The second-order valence-corrected chi connectivity index (χ2v) is 12.2. The third kappa shape index (κ3) is 14.8. The number of alkyl carbamates (subject to hydrolysis) is 1. The molecule has 47 heavy (non-hydrogen) atoms. The monoisotopic (exact) mass is 649 g/mol. The van der Waals surface area contributed by atoms with Crippen molar-refractivity contribution in [3.8, 4) is 0 Å². The molecule has 256 valence electrons. The Hall–Kier alpha value is -4.87. The lowest BCUT2D eigenvalue weighted by atomic mass is 9.98. The number of hydrogen-bond acceptors (Lipinski definition) is 6. The summed E-state index contributed by atoms with van der Waals surface area (Å²) in [6, 6.07) is 16.4. The van der Waals surface area contributed by atoms with E-state index in [1.807, 2.05) is 88.4 Å². The third-order valence-corrected chi connectivity index (χ3v) is 7.42. The summed E-state index contributed by atoms with van der Waals surface area (Å²) in [5, 5.41) is 8.57. The van der Waals surface area contributed by atoms with E-state index in [4.69, 9.17) is 16.2 Å². The van der Waals surface area contributed by atoms with Gasteiger partial charge in [0.25, 0.3) is 0 Å². The van der Waals surface area contributed by atoms with Gasteiger partial charge in [0.1, 0.15) is 18.7 Å². The number of nitrogens with one attached hydrogen (secondary N) is 3. The summed E-state index contributed by atoms with van der Waals surface area (Å²) in [6.45, 7) is 8.31. The van der Waals surface area contributed by atoms with Gasteiger partial charge in [-0.2, -0.15) is 0 Å². The van der Waals surface area contributed by atoms with Gasteiger partial charge in [0.2, 0.25) is 17.7 Å². The van der Waals surface area contributed by atoms with E-state index < -0.39 is 30.1 Å². The molecule has 0 fully saturated rings. The number of nitrogens with zero attached hydrogens (tertiary/aromatic N) is 2. The van der Waals surface area contributed by atoms with Gasteiger partial charge in [-0.1, -0.05) is 88.4 Å². The van der Waals surface area contributed by atoms with Crippen LogP contribution in [0.3, 0.4) is 0 Å². The topological polar surface area (TPSA) is 181 Å². The molecule has 0 heterocycles. The van der Waals surface area contributed by atoms with E-state index in [9.17, 15) is 19.2 Å². The number of rotatable bonds is 18. The number of carbonyl (C=O) groups excluding carboxylic acids is 4. The van der Waals surface area contributed by atoms with Crippen LogP contribution in [0.15, 0.2) is 71.7 Å². The van der Waals surface area contributed by atoms with E-state index in [0.29, 0.717) is 12.8 Å². The largest absolute Gasteiger partial charge is 0.445 e. The molecule has 12 heteroatoms. The Balaban J connectivity index is 2.13. The average molecular weight is 650 g/mol. The number of amides is 4. The first-order valence-electron chi connectivity index (χ1n) is 16.0. The van der Waals surface area contributed by atoms with Crippen LogP contribution in [-0.4, -0.2) is 72.9 Å². The van der Waals surface area contributed by atoms with Crippen LogP contribution in [0.25, 0.3) is 6.08 Å². The minimum Gasteiger partial charge on any atom is -0.445 e. The lowest BCUT2D eigenvalue weighted by Gasteiger charge is -2.33. The average Bonchev–Trinajstić information content (AvgIpc) is 3.04. The molecular formula is C35H51N7O5. The van der Waals surface area contributed by atoms with Crippen LogP contribution < -0.4 is 27.4 Å². The normalized spacial score (nSPS) is 13.0. The molecule has 0 aliphatic carbocycles. The first kappa shape index (κ1) is 38.3. The van der Waals surface area contributed by atoms with Crippen LogP contribution in [-0.2, 0) is 25.7 Å². The molecule has 12 nitrogen and oxygen atoms in total. The summed E-state index contributed by atoms with van der Waals surface area (Å²) in [7, 11) is 1.55. The van der Waals surface area contributed by atoms with Gasteiger partial charge in [-0.3, -0.25) is 19.4 Å². The van der Waals surface area contributed by atoms with Crippen molar-refractivity contribution in [3.63, 3.8) is 0 Å². The van der Waals surface area contributed by atoms with E-state index in [1.165, 1.54) is 11.0 Å². The van der Waals surface area contributed by atoms with Crippen molar-refractivity contribution in [2.75, 3.05) is 20.1 Å². The molecule has 0 aliphatic rings. The standard InChI is InChI=1S/C35H51N7O5/c1-24(2)21-30(32(44)40-29(25(3)4)22-39-31(43)19-18-26-13-8-6-9-14-26)42(5)33(45)28(17-12-20-38-34(36)37)41-35(46)47-23-27-15-10-7-11-16-27/h6-11,13-16,18-19,24-25,28-30H,12,17,20-23H2,1-5H3,(H,39,43)(H,40,44)(H,41,46)(H4,36,37,38)/b19-18+/t28-,29+,30-/m0/s1. The number of benzene rings is 2. The molecule has 4 amide bonds. The molecule has 0 bridgehead atoms. The van der Waals surface area contributed by atoms with Crippen LogP contribution in [0.5, 0.6) is 0 Å². The van der Waals surface area contributed by atoms with Crippen LogP contribution in [0, 0.1) is 11.8 Å². The SMILES string of the molecule is CC(C)C[C@@H](C(=O)N[C@H](CNC(=O)/C=C/c1ccccc1)C(C)C)N(C)C(=O)[C@H](CCCN=C(N)N)NC(=O)OCc1ccccc1. The summed E-state index contributed by atoms with van der Waals surface area (Å²) in [6.07, 6.45) is 3.41. The number of aliphatic imine (C=N–C) groups is 1. The van der Waals surface area contributed by atoms with Crippen molar-refractivity contribution in [2.24, 2.45) is 28.3 Å². The lowest BCUT2D eigenvalue weighted by Crippen LogP contribution is -2.57. The second kappa shape index (κ2) is 20.3. The highest BCUT2D eigenvalue weighted by molar-refractivity contribution is 5.92. The van der Waals surface area contributed by atoms with Gasteiger partial charge in [-0.05, 0) is 48.3 Å². The highest BCUT2D eigenvalue weighted by Gasteiger charge is 2.34. The Morgan fingerprint density at radius 3 is 2.17 bits per heavy atom. The maximum absolute atomic E-state index is 13.9. The fraction of sp³-hybridized carbons (Fsp3) is 0.457. The van der Waals surface area contributed by atoms with Gasteiger partial charge in [0.05, 0.1) is 0 Å². The molecule has 2 aromatic rings. The van der Waals surface area contributed by atoms with E-state index in [1.54, 1.807) is 13.1 Å². The zero-order valence-corrected chi connectivity index (χ0v) is 28.1. The van der Waals surface area contributed by atoms with Crippen LogP contribution >= 0.6 is 0 Å². The number of guanidine groups is 1. The number of ether oxygens (including phenoxy) is 1. The number of carbonyl (C=O) groups is 4. The zero-order valence-electron chi connectivity index (χ0n) is 28.1. The van der Waals surface area contributed by atoms with E-state index >= 15 is 0 Å². The Labute approximate surface area is 278 Å². The van der Waals surface area contributed by atoms with Crippen molar-refractivity contribution in [3.05, 3.63) is 77.9 Å². The number of likely N-dealkylation sites (N-methyl/N-ethyl adjacent to an activating group) is 1. The predicted molar refractivity (Wildman–Crippen MR) is 185 cm³/mol. The minimum atomic E-state index is -0.989. The predicted octanol–water partition coefficient (Wildman–Crippen LogP) is 3.18. The molecule has 0 spiro atoms. The second-order valence-electron chi connectivity index (χ2n) is 12.2. The summed E-state index contributed by atoms with van der Waals surface area (Å²) in [4.78, 5) is 58.2. The molecule has 0 aromatic heterocycles. The molecule has 2 aromatic carbocycles. The minimum absolute atomic E-state index is 0.0117. The van der Waals surface area contributed by atoms with Gasteiger partial charge in [0.15, 0.2) is 5.96 Å². The molecule has 0 radical (unpaired) electrons. The van der Waals surface area contributed by atoms with E-state index in [0.717, 1.165) is 11.1 Å². The van der Waals surface area contributed by atoms with Gasteiger partial charge in [-0.15, -0.1) is 0 Å². The molecule has 0 unspecified atom stereocenters.